The summed E-state index contributed by atoms with van der Waals surface area (Å²) in [4.78, 5) is 23.6. The van der Waals surface area contributed by atoms with Gasteiger partial charge in [0.1, 0.15) is 0 Å². The normalized spacial score (nSPS) is 11.8. The van der Waals surface area contributed by atoms with Crippen LogP contribution in [0.25, 0.3) is 11.5 Å². The molecule has 0 aliphatic heterocycles. The lowest BCUT2D eigenvalue weighted by Gasteiger charge is -2.10. The minimum atomic E-state index is -0.448. The van der Waals surface area contributed by atoms with Crippen LogP contribution in [0.15, 0.2) is 58.2 Å². The van der Waals surface area contributed by atoms with Gasteiger partial charge in [0.05, 0.1) is 5.25 Å². The minimum absolute atomic E-state index is 0.0234. The number of Topliss-reactive ketones (excluding diaryl/α,β-unsaturated/α-hetero) is 1. The van der Waals surface area contributed by atoms with Crippen molar-refractivity contribution in [1.82, 2.24) is 10.2 Å². The van der Waals surface area contributed by atoms with E-state index in [1.165, 1.54) is 18.7 Å². The standard InChI is InChI=1S/C19H16ClN3O3S/c1-11(24)13-5-9-16(10-6-13)21-17(25)12(2)27-19-23-22-18(26-19)14-3-7-15(20)8-4-14/h3-10,12H,1-2H3,(H,21,25). The third-order valence-electron chi connectivity index (χ3n) is 3.70. The Morgan fingerprint density at radius 3 is 2.37 bits per heavy atom. The third kappa shape index (κ3) is 4.96. The first-order chi connectivity index (χ1) is 12.9. The molecule has 1 heterocycles. The monoisotopic (exact) mass is 401 g/mol. The summed E-state index contributed by atoms with van der Waals surface area (Å²) in [6.45, 7) is 3.24. The number of halogens is 1. The van der Waals surface area contributed by atoms with E-state index in [2.05, 4.69) is 15.5 Å². The van der Waals surface area contributed by atoms with Crippen molar-refractivity contribution < 1.29 is 14.0 Å². The lowest BCUT2D eigenvalue weighted by molar-refractivity contribution is -0.115. The van der Waals surface area contributed by atoms with Crippen molar-refractivity contribution in [2.45, 2.75) is 24.3 Å². The summed E-state index contributed by atoms with van der Waals surface area (Å²) >= 11 is 7.03. The first kappa shape index (κ1) is 19.1. The third-order valence-corrected chi connectivity index (χ3v) is 4.89. The maximum atomic E-state index is 12.3. The highest BCUT2D eigenvalue weighted by molar-refractivity contribution is 8.00. The molecule has 1 N–H and O–H groups in total. The minimum Gasteiger partial charge on any atom is -0.411 e. The fourth-order valence-corrected chi connectivity index (χ4v) is 3.01. The first-order valence-corrected chi connectivity index (χ1v) is 9.36. The molecule has 0 spiro atoms. The number of thioether (sulfide) groups is 1. The second kappa shape index (κ2) is 8.37. The van der Waals surface area contributed by atoms with Gasteiger partial charge in [0.15, 0.2) is 5.78 Å². The maximum absolute atomic E-state index is 12.3. The SMILES string of the molecule is CC(=O)c1ccc(NC(=O)C(C)Sc2nnc(-c3ccc(Cl)cc3)o2)cc1. The largest absolute Gasteiger partial charge is 0.411 e. The average Bonchev–Trinajstić information content (AvgIpc) is 3.11. The second-order valence-electron chi connectivity index (χ2n) is 5.76. The summed E-state index contributed by atoms with van der Waals surface area (Å²) in [5.41, 5.74) is 1.96. The Hall–Kier alpha value is -2.64. The van der Waals surface area contributed by atoms with Crippen molar-refractivity contribution >= 4 is 40.7 Å². The second-order valence-corrected chi connectivity index (χ2v) is 7.49. The summed E-state index contributed by atoms with van der Waals surface area (Å²) in [6, 6.07) is 13.8. The molecule has 1 amide bonds. The molecule has 0 aliphatic carbocycles. The summed E-state index contributed by atoms with van der Waals surface area (Å²) in [5, 5.41) is 11.2. The molecular formula is C19H16ClN3O3S. The molecule has 0 radical (unpaired) electrons. The van der Waals surface area contributed by atoms with Gasteiger partial charge in [-0.05, 0) is 62.4 Å². The molecule has 27 heavy (non-hydrogen) atoms. The molecule has 0 fully saturated rings. The zero-order valence-corrected chi connectivity index (χ0v) is 16.2. The van der Waals surface area contributed by atoms with Crippen molar-refractivity contribution in [3.05, 3.63) is 59.1 Å². The van der Waals surface area contributed by atoms with Crippen molar-refractivity contribution in [3.8, 4) is 11.5 Å². The molecule has 6 nitrogen and oxygen atoms in total. The van der Waals surface area contributed by atoms with Crippen molar-refractivity contribution in [2.24, 2.45) is 0 Å². The molecule has 0 saturated heterocycles. The molecule has 1 atom stereocenters. The highest BCUT2D eigenvalue weighted by atomic mass is 35.5. The van der Waals surface area contributed by atoms with Gasteiger partial charge in [-0.3, -0.25) is 9.59 Å². The zero-order chi connectivity index (χ0) is 19.4. The van der Waals surface area contributed by atoms with Gasteiger partial charge in [-0.15, -0.1) is 10.2 Å². The highest BCUT2D eigenvalue weighted by Gasteiger charge is 2.19. The van der Waals surface area contributed by atoms with Gasteiger partial charge in [-0.1, -0.05) is 23.4 Å². The summed E-state index contributed by atoms with van der Waals surface area (Å²) < 4.78 is 5.60. The zero-order valence-electron chi connectivity index (χ0n) is 14.6. The predicted molar refractivity (Wildman–Crippen MR) is 105 cm³/mol. The number of nitrogens with zero attached hydrogens (tertiary/aromatic N) is 2. The molecular weight excluding hydrogens is 386 g/mol. The van der Waals surface area contributed by atoms with E-state index < -0.39 is 5.25 Å². The number of hydrogen-bond acceptors (Lipinski definition) is 6. The quantitative estimate of drug-likeness (QED) is 0.475. The molecule has 1 aromatic heterocycles. The van der Waals surface area contributed by atoms with Crippen LogP contribution in [0.1, 0.15) is 24.2 Å². The number of anilines is 1. The Balaban J connectivity index is 1.61. The Morgan fingerprint density at radius 2 is 1.74 bits per heavy atom. The van der Waals surface area contributed by atoms with Crippen molar-refractivity contribution in [3.63, 3.8) is 0 Å². The van der Waals surface area contributed by atoms with E-state index in [1.54, 1.807) is 55.5 Å². The number of rotatable bonds is 6. The number of hydrogen-bond donors (Lipinski definition) is 1. The van der Waals surface area contributed by atoms with Gasteiger partial charge in [-0.2, -0.15) is 0 Å². The number of benzene rings is 2. The number of nitrogens with one attached hydrogen (secondary N) is 1. The Morgan fingerprint density at radius 1 is 1.07 bits per heavy atom. The molecule has 3 rings (SSSR count). The number of carbonyl (C=O) groups is 2. The van der Waals surface area contributed by atoms with Gasteiger partial charge in [0.25, 0.3) is 5.22 Å². The van der Waals surface area contributed by atoms with Crippen molar-refractivity contribution in [2.75, 3.05) is 5.32 Å². The van der Waals surface area contributed by atoms with Crippen LogP contribution in [0.3, 0.4) is 0 Å². The van der Waals surface area contributed by atoms with Crippen LogP contribution in [0.2, 0.25) is 5.02 Å². The van der Waals surface area contributed by atoms with Gasteiger partial charge in [0.2, 0.25) is 11.8 Å². The highest BCUT2D eigenvalue weighted by Crippen LogP contribution is 2.27. The molecule has 138 valence electrons. The van der Waals surface area contributed by atoms with E-state index in [1.807, 2.05) is 0 Å². The average molecular weight is 402 g/mol. The molecule has 3 aromatic rings. The van der Waals surface area contributed by atoms with Gasteiger partial charge in [0, 0.05) is 21.8 Å². The van der Waals surface area contributed by atoms with E-state index in [9.17, 15) is 9.59 Å². The van der Waals surface area contributed by atoms with Crippen LogP contribution >= 0.6 is 23.4 Å². The summed E-state index contributed by atoms with van der Waals surface area (Å²) in [7, 11) is 0. The van der Waals surface area contributed by atoms with Gasteiger partial charge < -0.3 is 9.73 Å². The molecule has 0 aliphatic rings. The fraction of sp³-hybridized carbons (Fsp3) is 0.158. The van der Waals surface area contributed by atoms with E-state index in [-0.39, 0.29) is 11.7 Å². The molecule has 0 saturated carbocycles. The molecule has 2 aromatic carbocycles. The van der Waals surface area contributed by atoms with Crippen molar-refractivity contribution in [1.29, 1.82) is 0 Å². The number of carbonyl (C=O) groups excluding carboxylic acids is 2. The smallest absolute Gasteiger partial charge is 0.277 e. The van der Waals surface area contributed by atoms with E-state index in [0.29, 0.717) is 27.4 Å². The molecule has 1 unspecified atom stereocenters. The number of aromatic nitrogens is 2. The topological polar surface area (TPSA) is 85.1 Å². The Bertz CT molecular complexity index is 955. The number of ketones is 1. The van der Waals surface area contributed by atoms with E-state index in [0.717, 1.165) is 5.56 Å². The lowest BCUT2D eigenvalue weighted by Crippen LogP contribution is -2.22. The first-order valence-electron chi connectivity index (χ1n) is 8.10. The van der Waals surface area contributed by atoms with E-state index >= 15 is 0 Å². The van der Waals surface area contributed by atoms with Gasteiger partial charge in [-0.25, -0.2) is 0 Å². The number of amides is 1. The Labute approximate surface area is 165 Å². The fourth-order valence-electron chi connectivity index (χ4n) is 2.20. The van der Waals surface area contributed by atoms with Crippen LogP contribution in [-0.4, -0.2) is 27.1 Å². The maximum Gasteiger partial charge on any atom is 0.277 e. The summed E-state index contributed by atoms with van der Waals surface area (Å²) in [6.07, 6.45) is 0. The van der Waals surface area contributed by atoms with Crippen LogP contribution in [0.4, 0.5) is 5.69 Å². The van der Waals surface area contributed by atoms with Crippen LogP contribution < -0.4 is 5.32 Å². The van der Waals surface area contributed by atoms with Crippen LogP contribution in [0, 0.1) is 0 Å². The van der Waals surface area contributed by atoms with Crippen LogP contribution in [-0.2, 0) is 4.79 Å². The summed E-state index contributed by atoms with van der Waals surface area (Å²) in [5.74, 6) is 0.132. The van der Waals surface area contributed by atoms with Crippen LogP contribution in [0.5, 0.6) is 0 Å². The molecule has 0 bridgehead atoms. The Kier molecular flexibility index (Phi) is 5.93. The van der Waals surface area contributed by atoms with E-state index in [4.69, 9.17) is 16.0 Å². The van der Waals surface area contributed by atoms with Gasteiger partial charge >= 0.3 is 0 Å². The predicted octanol–water partition coefficient (Wildman–Crippen LogP) is 4.71. The molecule has 8 heteroatoms. The lowest BCUT2D eigenvalue weighted by atomic mass is 10.1.